The molecule has 19 nitrogen and oxygen atoms in total. The van der Waals surface area contributed by atoms with E-state index in [1.165, 1.54) is 0 Å². The van der Waals surface area contributed by atoms with Crippen molar-refractivity contribution in [3.8, 4) is 0 Å². The molecule has 63 heavy (non-hydrogen) atoms. The number of carbonyl (C=O) groups excluding carboxylic acids is 1. The first-order chi connectivity index (χ1) is 30.2. The van der Waals surface area contributed by atoms with E-state index < -0.39 is 111 Å². The van der Waals surface area contributed by atoms with Crippen LogP contribution in [0.25, 0.3) is 0 Å². The van der Waals surface area contributed by atoms with Gasteiger partial charge in [-0.2, -0.15) is 0 Å². The lowest BCUT2D eigenvalue weighted by Crippen LogP contribution is -2.64. The van der Waals surface area contributed by atoms with Crippen LogP contribution in [0.4, 0.5) is 0 Å². The first-order valence-electron chi connectivity index (χ1n) is 23.5. The molecule has 3 aliphatic rings. The van der Waals surface area contributed by atoms with Crippen molar-refractivity contribution in [2.75, 3.05) is 19.8 Å². The molecule has 0 aliphatic carbocycles. The SMILES string of the molecule is CCCCCCC(CCCC(O)CCCCCCCCCCCCCC(O)C(=O)O)OC1OCC(O)C(O)C1OC1OCC(OC(C)=O)C(O)C1OC1OC(CO)C(O)C(O)C1O. The van der Waals surface area contributed by atoms with Crippen molar-refractivity contribution in [1.82, 2.24) is 0 Å². The number of esters is 1. The van der Waals surface area contributed by atoms with Gasteiger partial charge < -0.3 is 84.2 Å². The highest BCUT2D eigenvalue weighted by atomic mass is 16.8. The highest BCUT2D eigenvalue weighted by Gasteiger charge is 2.52. The molecule has 0 aromatic heterocycles. The number of rotatable bonds is 32. The Labute approximate surface area is 371 Å². The van der Waals surface area contributed by atoms with Gasteiger partial charge >= 0.3 is 11.9 Å². The molecule has 16 unspecified atom stereocenters. The number of aliphatic hydroxyl groups excluding tert-OH is 9. The molecule has 3 fully saturated rings. The van der Waals surface area contributed by atoms with Gasteiger partial charge in [0.05, 0.1) is 32.0 Å². The highest BCUT2D eigenvalue weighted by Crippen LogP contribution is 2.32. The summed E-state index contributed by atoms with van der Waals surface area (Å²) in [5.41, 5.74) is 0. The molecule has 10 N–H and O–H groups in total. The second-order valence-electron chi connectivity index (χ2n) is 17.5. The third kappa shape index (κ3) is 19.6. The fourth-order valence-electron chi connectivity index (χ4n) is 8.28. The van der Waals surface area contributed by atoms with E-state index in [1.807, 2.05) is 0 Å². The van der Waals surface area contributed by atoms with Crippen molar-refractivity contribution in [2.24, 2.45) is 0 Å². The Hall–Kier alpha value is -1.66. The Morgan fingerprint density at radius 2 is 1.13 bits per heavy atom. The minimum Gasteiger partial charge on any atom is -0.479 e. The predicted octanol–water partition coefficient (Wildman–Crippen LogP) is 1.69. The molecule has 3 saturated heterocycles. The number of ether oxygens (including phenoxy) is 7. The van der Waals surface area contributed by atoms with Gasteiger partial charge in [0.25, 0.3) is 0 Å². The second kappa shape index (κ2) is 30.6. The van der Waals surface area contributed by atoms with Crippen LogP contribution in [-0.2, 0) is 42.7 Å². The molecule has 0 amide bonds. The zero-order valence-corrected chi connectivity index (χ0v) is 37.4. The summed E-state index contributed by atoms with van der Waals surface area (Å²) in [6.45, 7) is 1.84. The summed E-state index contributed by atoms with van der Waals surface area (Å²) in [4.78, 5) is 22.5. The number of unbranched alkanes of at least 4 members (excludes halogenated alkanes) is 13. The van der Waals surface area contributed by atoms with Crippen LogP contribution in [0, 0.1) is 0 Å². The Morgan fingerprint density at radius 1 is 0.603 bits per heavy atom. The summed E-state index contributed by atoms with van der Waals surface area (Å²) in [7, 11) is 0. The lowest BCUT2D eigenvalue weighted by molar-refractivity contribution is -0.380. The lowest BCUT2D eigenvalue weighted by atomic mass is 9.98. The van der Waals surface area contributed by atoms with Crippen LogP contribution in [0.5, 0.6) is 0 Å². The molecular weight excluding hydrogens is 832 g/mol. The fraction of sp³-hybridized carbons (Fsp3) is 0.955. The maximum absolute atomic E-state index is 11.8. The molecule has 0 aromatic rings. The van der Waals surface area contributed by atoms with Gasteiger partial charge in [-0.25, -0.2) is 4.79 Å². The van der Waals surface area contributed by atoms with Crippen LogP contribution in [-0.4, -0.2) is 181 Å². The van der Waals surface area contributed by atoms with Gasteiger partial charge in [0.15, 0.2) is 31.1 Å². The summed E-state index contributed by atoms with van der Waals surface area (Å²) >= 11 is 0. The van der Waals surface area contributed by atoms with Gasteiger partial charge in [-0.1, -0.05) is 103 Å². The van der Waals surface area contributed by atoms with Crippen molar-refractivity contribution >= 4 is 11.9 Å². The van der Waals surface area contributed by atoms with Crippen LogP contribution in [0.1, 0.15) is 149 Å². The Morgan fingerprint density at radius 3 is 1.73 bits per heavy atom. The number of carbonyl (C=O) groups is 2. The molecule has 0 bridgehead atoms. The molecule has 3 heterocycles. The Bertz CT molecular complexity index is 1230. The van der Waals surface area contributed by atoms with Gasteiger partial charge in [0.1, 0.15) is 54.9 Å². The van der Waals surface area contributed by atoms with Gasteiger partial charge in [-0.15, -0.1) is 0 Å². The third-order valence-corrected chi connectivity index (χ3v) is 12.2. The number of aliphatic hydroxyl groups is 9. The van der Waals surface area contributed by atoms with Gasteiger partial charge in [-0.05, 0) is 38.5 Å². The van der Waals surface area contributed by atoms with Gasteiger partial charge in [-0.3, -0.25) is 4.79 Å². The molecule has 3 aliphatic heterocycles. The molecule has 0 saturated carbocycles. The molecule has 19 heteroatoms. The van der Waals surface area contributed by atoms with Crippen molar-refractivity contribution in [3.63, 3.8) is 0 Å². The second-order valence-corrected chi connectivity index (χ2v) is 17.5. The van der Waals surface area contributed by atoms with Crippen LogP contribution in [0.15, 0.2) is 0 Å². The van der Waals surface area contributed by atoms with E-state index in [0.717, 1.165) is 103 Å². The van der Waals surface area contributed by atoms with Gasteiger partial charge in [0, 0.05) is 6.92 Å². The van der Waals surface area contributed by atoms with Gasteiger partial charge in [0.2, 0.25) is 0 Å². The molecule has 370 valence electrons. The Balaban J connectivity index is 1.53. The number of carboxylic acid groups (broad SMARTS) is 1. The van der Waals surface area contributed by atoms with E-state index in [4.69, 9.17) is 38.3 Å². The molecule has 0 spiro atoms. The van der Waals surface area contributed by atoms with Crippen LogP contribution in [0.2, 0.25) is 0 Å². The topological polar surface area (TPSA) is 301 Å². The first kappa shape index (κ1) is 55.7. The summed E-state index contributed by atoms with van der Waals surface area (Å²) in [5, 5.41) is 103. The maximum atomic E-state index is 11.8. The zero-order chi connectivity index (χ0) is 46.3. The zero-order valence-electron chi connectivity index (χ0n) is 37.4. The normalized spacial score (nSPS) is 32.8. The van der Waals surface area contributed by atoms with E-state index in [1.54, 1.807) is 0 Å². The van der Waals surface area contributed by atoms with Crippen molar-refractivity contribution in [2.45, 2.75) is 247 Å². The molecular formula is C44H80O19. The average molecular weight is 913 g/mol. The quantitative estimate of drug-likeness (QED) is 0.0339. The average Bonchev–Trinajstić information content (AvgIpc) is 3.25. The monoisotopic (exact) mass is 913 g/mol. The number of aliphatic carboxylic acids is 1. The lowest BCUT2D eigenvalue weighted by Gasteiger charge is -2.46. The standard InChI is InChI=1S/C44H80O19/c1-3-4-5-16-21-29(22-18-20-28(47)19-15-13-11-9-7-6-8-10-12-14-17-23-30(48)41(55)56)60-43-39(34(50)31(49)25-57-43)63-44-40(36(52)33(26-58-44)59-27(2)46)62-42-38(54)37(53)35(51)32(24-45)61-42/h28-40,42-45,47-54H,3-26H2,1-2H3,(H,55,56). The van der Waals surface area contributed by atoms with Crippen molar-refractivity contribution in [3.05, 3.63) is 0 Å². The summed E-state index contributed by atoms with van der Waals surface area (Å²) < 4.78 is 40.9. The van der Waals surface area contributed by atoms with Crippen molar-refractivity contribution < 1.29 is 93.8 Å². The summed E-state index contributed by atoms with van der Waals surface area (Å²) in [6.07, 6.45) is -3.36. The molecule has 3 rings (SSSR count). The minimum atomic E-state index is -1.86. The molecule has 0 radical (unpaired) electrons. The summed E-state index contributed by atoms with van der Waals surface area (Å²) in [5.74, 6) is -1.90. The highest BCUT2D eigenvalue weighted by molar-refractivity contribution is 5.71. The third-order valence-electron chi connectivity index (χ3n) is 12.2. The molecule has 16 atom stereocenters. The first-order valence-corrected chi connectivity index (χ1v) is 23.5. The van der Waals surface area contributed by atoms with Crippen LogP contribution in [0.3, 0.4) is 0 Å². The van der Waals surface area contributed by atoms with E-state index in [0.29, 0.717) is 38.5 Å². The minimum absolute atomic E-state index is 0.273. The van der Waals surface area contributed by atoms with Crippen LogP contribution < -0.4 is 0 Å². The summed E-state index contributed by atoms with van der Waals surface area (Å²) in [6, 6.07) is 0. The number of hydrogen-bond acceptors (Lipinski definition) is 18. The van der Waals surface area contributed by atoms with Crippen LogP contribution >= 0.6 is 0 Å². The number of carboxylic acids is 1. The predicted molar refractivity (Wildman–Crippen MR) is 224 cm³/mol. The van der Waals surface area contributed by atoms with E-state index in [2.05, 4.69) is 6.92 Å². The largest absolute Gasteiger partial charge is 0.479 e. The van der Waals surface area contributed by atoms with Crippen molar-refractivity contribution in [1.29, 1.82) is 0 Å². The fourth-order valence-corrected chi connectivity index (χ4v) is 8.28. The maximum Gasteiger partial charge on any atom is 0.332 e. The smallest absolute Gasteiger partial charge is 0.332 e. The number of hydrogen-bond donors (Lipinski definition) is 10. The Kier molecular flexibility index (Phi) is 27.0. The van der Waals surface area contributed by atoms with E-state index in [-0.39, 0.29) is 19.3 Å². The van der Waals surface area contributed by atoms with E-state index >= 15 is 0 Å². The molecule has 0 aromatic carbocycles. The van der Waals surface area contributed by atoms with E-state index in [9.17, 15) is 55.5 Å².